The Balaban J connectivity index is 1.94. The van der Waals surface area contributed by atoms with Gasteiger partial charge in [-0.2, -0.15) is 0 Å². The highest BCUT2D eigenvalue weighted by Gasteiger charge is 2.06. The van der Waals surface area contributed by atoms with Crippen molar-refractivity contribution in [2.24, 2.45) is 0 Å². The zero-order chi connectivity index (χ0) is 11.9. The van der Waals surface area contributed by atoms with Crippen LogP contribution in [0.15, 0.2) is 65.5 Å². The van der Waals surface area contributed by atoms with Gasteiger partial charge in [-0.05, 0) is 24.3 Å². The number of imidazole rings is 1. The highest BCUT2D eigenvalue weighted by Crippen LogP contribution is 2.27. The average molecular weight is 234 g/mol. The standard InChI is InChI=1S/C15H10N2O/c1-2-4-13-11(3-1)9-14(18-13)12-5-7-17-8-6-16-15(17)10-12/h1-10H. The summed E-state index contributed by atoms with van der Waals surface area (Å²) in [5, 5.41) is 1.12. The van der Waals surface area contributed by atoms with E-state index in [0.29, 0.717) is 0 Å². The molecule has 1 aromatic carbocycles. The van der Waals surface area contributed by atoms with Gasteiger partial charge in [0.2, 0.25) is 0 Å². The van der Waals surface area contributed by atoms with E-state index in [2.05, 4.69) is 17.1 Å². The van der Waals surface area contributed by atoms with Crippen molar-refractivity contribution in [2.45, 2.75) is 0 Å². The van der Waals surface area contributed by atoms with Crippen molar-refractivity contribution in [3.8, 4) is 11.3 Å². The van der Waals surface area contributed by atoms with Crippen LogP contribution in [0.2, 0.25) is 0 Å². The lowest BCUT2D eigenvalue weighted by Crippen LogP contribution is -1.83. The van der Waals surface area contributed by atoms with Gasteiger partial charge in [0.1, 0.15) is 17.0 Å². The van der Waals surface area contributed by atoms with Crippen LogP contribution < -0.4 is 0 Å². The van der Waals surface area contributed by atoms with E-state index in [1.165, 1.54) is 0 Å². The molecular formula is C15H10N2O. The van der Waals surface area contributed by atoms with Gasteiger partial charge in [-0.15, -0.1) is 0 Å². The van der Waals surface area contributed by atoms with Crippen molar-refractivity contribution < 1.29 is 4.42 Å². The van der Waals surface area contributed by atoms with Crippen molar-refractivity contribution in [3.63, 3.8) is 0 Å². The molecule has 0 aliphatic rings. The second-order valence-corrected chi connectivity index (χ2v) is 4.26. The third-order valence-electron chi connectivity index (χ3n) is 3.11. The van der Waals surface area contributed by atoms with Gasteiger partial charge in [0.05, 0.1) is 0 Å². The first-order valence-electron chi connectivity index (χ1n) is 5.82. The van der Waals surface area contributed by atoms with Gasteiger partial charge in [-0.25, -0.2) is 4.98 Å². The summed E-state index contributed by atoms with van der Waals surface area (Å²) in [5.41, 5.74) is 2.88. The van der Waals surface area contributed by atoms with Crippen LogP contribution >= 0.6 is 0 Å². The number of hydrogen-bond acceptors (Lipinski definition) is 2. The Bertz CT molecular complexity index is 809. The Morgan fingerprint density at radius 2 is 1.94 bits per heavy atom. The van der Waals surface area contributed by atoms with Gasteiger partial charge in [0.25, 0.3) is 0 Å². The van der Waals surface area contributed by atoms with Gasteiger partial charge in [-0.3, -0.25) is 0 Å². The van der Waals surface area contributed by atoms with Crippen molar-refractivity contribution in [2.75, 3.05) is 0 Å². The fraction of sp³-hybridized carbons (Fsp3) is 0. The van der Waals surface area contributed by atoms with E-state index < -0.39 is 0 Å². The fourth-order valence-corrected chi connectivity index (χ4v) is 2.19. The Labute approximate surface area is 103 Å². The molecule has 3 heterocycles. The van der Waals surface area contributed by atoms with Crippen LogP contribution in [0.4, 0.5) is 0 Å². The van der Waals surface area contributed by atoms with E-state index in [1.54, 1.807) is 6.20 Å². The van der Waals surface area contributed by atoms with Gasteiger partial charge in [0.15, 0.2) is 0 Å². The minimum atomic E-state index is 0.877. The quantitative estimate of drug-likeness (QED) is 0.502. The van der Waals surface area contributed by atoms with Crippen LogP contribution in [0.25, 0.3) is 27.9 Å². The molecule has 3 aromatic heterocycles. The Kier molecular flexibility index (Phi) is 1.83. The van der Waals surface area contributed by atoms with E-state index in [9.17, 15) is 0 Å². The molecule has 0 atom stereocenters. The zero-order valence-corrected chi connectivity index (χ0v) is 9.58. The predicted molar refractivity (Wildman–Crippen MR) is 70.4 cm³/mol. The molecule has 0 fully saturated rings. The smallest absolute Gasteiger partial charge is 0.137 e. The van der Waals surface area contributed by atoms with Gasteiger partial charge >= 0.3 is 0 Å². The van der Waals surface area contributed by atoms with Crippen LogP contribution in [0.1, 0.15) is 0 Å². The summed E-state index contributed by atoms with van der Waals surface area (Å²) in [6, 6.07) is 14.1. The molecule has 0 saturated heterocycles. The molecule has 0 radical (unpaired) electrons. The van der Waals surface area contributed by atoms with Crippen molar-refractivity contribution in [1.82, 2.24) is 9.38 Å². The predicted octanol–water partition coefficient (Wildman–Crippen LogP) is 3.75. The molecule has 0 unspecified atom stereocenters. The van der Waals surface area contributed by atoms with Crippen LogP contribution in [0, 0.1) is 0 Å². The maximum absolute atomic E-state index is 5.84. The Hall–Kier alpha value is -2.55. The lowest BCUT2D eigenvalue weighted by molar-refractivity contribution is 0.631. The summed E-state index contributed by atoms with van der Waals surface area (Å²) in [5.74, 6) is 0.877. The monoisotopic (exact) mass is 234 g/mol. The molecule has 3 nitrogen and oxygen atoms in total. The average Bonchev–Trinajstić information content (AvgIpc) is 3.04. The second kappa shape index (κ2) is 3.47. The summed E-state index contributed by atoms with van der Waals surface area (Å²) >= 11 is 0. The normalized spacial score (nSPS) is 11.3. The minimum absolute atomic E-state index is 0.877. The van der Waals surface area contributed by atoms with E-state index >= 15 is 0 Å². The van der Waals surface area contributed by atoms with Crippen LogP contribution in [-0.4, -0.2) is 9.38 Å². The number of aromatic nitrogens is 2. The lowest BCUT2D eigenvalue weighted by atomic mass is 10.2. The maximum atomic E-state index is 5.84. The van der Waals surface area contributed by atoms with Crippen LogP contribution in [0.5, 0.6) is 0 Å². The molecule has 0 amide bonds. The van der Waals surface area contributed by atoms with Crippen molar-refractivity contribution >= 4 is 16.6 Å². The lowest BCUT2D eigenvalue weighted by Gasteiger charge is -1.97. The molecule has 0 N–H and O–H groups in total. The molecule has 0 spiro atoms. The first-order valence-corrected chi connectivity index (χ1v) is 5.82. The fourth-order valence-electron chi connectivity index (χ4n) is 2.19. The number of fused-ring (bicyclic) bond motifs is 2. The number of benzene rings is 1. The van der Waals surface area contributed by atoms with E-state index in [0.717, 1.165) is 27.9 Å². The molecule has 3 heteroatoms. The van der Waals surface area contributed by atoms with Gasteiger partial charge < -0.3 is 8.82 Å². The first-order chi connectivity index (χ1) is 8.90. The highest BCUT2D eigenvalue weighted by molar-refractivity contribution is 5.83. The molecule has 0 aliphatic heterocycles. The van der Waals surface area contributed by atoms with E-state index in [4.69, 9.17) is 4.42 Å². The number of hydrogen-bond donors (Lipinski definition) is 0. The van der Waals surface area contributed by atoms with E-state index in [1.807, 2.05) is 47.1 Å². The summed E-state index contributed by atoms with van der Waals surface area (Å²) in [6.07, 6.45) is 5.71. The van der Waals surface area contributed by atoms with Crippen molar-refractivity contribution in [1.29, 1.82) is 0 Å². The molecule has 86 valence electrons. The topological polar surface area (TPSA) is 30.4 Å². The molecular weight excluding hydrogens is 224 g/mol. The highest BCUT2D eigenvalue weighted by atomic mass is 16.3. The Morgan fingerprint density at radius 3 is 2.89 bits per heavy atom. The third-order valence-corrected chi connectivity index (χ3v) is 3.11. The van der Waals surface area contributed by atoms with Crippen LogP contribution in [0.3, 0.4) is 0 Å². The maximum Gasteiger partial charge on any atom is 0.137 e. The first kappa shape index (κ1) is 9.48. The summed E-state index contributed by atoms with van der Waals surface area (Å²) < 4.78 is 7.82. The number of furan rings is 1. The summed E-state index contributed by atoms with van der Waals surface area (Å²) in [7, 11) is 0. The van der Waals surface area contributed by atoms with Gasteiger partial charge in [-0.1, -0.05) is 18.2 Å². The molecule has 4 rings (SSSR count). The Morgan fingerprint density at radius 1 is 1.00 bits per heavy atom. The summed E-state index contributed by atoms with van der Waals surface area (Å²) in [4.78, 5) is 4.28. The molecule has 4 aromatic rings. The number of para-hydroxylation sites is 1. The number of rotatable bonds is 1. The minimum Gasteiger partial charge on any atom is -0.456 e. The van der Waals surface area contributed by atoms with Gasteiger partial charge in [0, 0.05) is 29.5 Å². The van der Waals surface area contributed by atoms with E-state index in [-0.39, 0.29) is 0 Å². The molecule has 0 aliphatic carbocycles. The zero-order valence-electron chi connectivity index (χ0n) is 9.58. The largest absolute Gasteiger partial charge is 0.456 e. The third kappa shape index (κ3) is 1.34. The number of pyridine rings is 1. The SMILES string of the molecule is c1ccc2oc(-c3ccn4ccnc4c3)cc2c1. The molecule has 18 heavy (non-hydrogen) atoms. The summed E-state index contributed by atoms with van der Waals surface area (Å²) in [6.45, 7) is 0. The molecule has 0 saturated carbocycles. The number of nitrogens with zero attached hydrogens (tertiary/aromatic N) is 2. The van der Waals surface area contributed by atoms with Crippen LogP contribution in [-0.2, 0) is 0 Å². The van der Waals surface area contributed by atoms with Crippen molar-refractivity contribution in [3.05, 3.63) is 61.1 Å². The second-order valence-electron chi connectivity index (χ2n) is 4.26. The molecule has 0 bridgehead atoms.